The van der Waals surface area contributed by atoms with Crippen molar-refractivity contribution < 1.29 is 9.59 Å². The van der Waals surface area contributed by atoms with Gasteiger partial charge in [-0.15, -0.1) is 0 Å². The van der Waals surface area contributed by atoms with Gasteiger partial charge < -0.3 is 16.4 Å². The molecule has 0 aliphatic heterocycles. The Morgan fingerprint density at radius 1 is 1.08 bits per heavy atom. The Kier molecular flexibility index (Phi) is 12.4. The van der Waals surface area contributed by atoms with E-state index in [0.717, 1.165) is 19.3 Å². The van der Waals surface area contributed by atoms with Crippen molar-refractivity contribution in [2.75, 3.05) is 6.54 Å². The predicted octanol–water partition coefficient (Wildman–Crippen LogP) is 3.23. The minimum Gasteiger partial charge on any atom is -0.401 e. The summed E-state index contributed by atoms with van der Waals surface area (Å²) in [5.74, 6) is -0.165. The van der Waals surface area contributed by atoms with Crippen LogP contribution < -0.4 is 16.4 Å². The highest BCUT2D eigenvalue weighted by Crippen LogP contribution is 2.03. The van der Waals surface area contributed by atoms with E-state index in [-0.39, 0.29) is 11.8 Å². The second-order valence-corrected chi connectivity index (χ2v) is 5.57. The first-order chi connectivity index (χ1) is 12.0. The van der Waals surface area contributed by atoms with Gasteiger partial charge >= 0.3 is 0 Å². The molecular formula is C20H31N3O2. The third kappa shape index (κ3) is 10.8. The minimum absolute atomic E-state index is 0.0498. The number of unbranched alkanes of at least 4 members (excludes halogenated alkanes) is 2. The Morgan fingerprint density at radius 3 is 2.32 bits per heavy atom. The quantitative estimate of drug-likeness (QED) is 0.305. The molecule has 0 spiro atoms. The van der Waals surface area contributed by atoms with Gasteiger partial charge in [-0.25, -0.2) is 0 Å². The lowest BCUT2D eigenvalue weighted by Gasteiger charge is -2.08. The number of hydrogen-bond acceptors (Lipinski definition) is 3. The van der Waals surface area contributed by atoms with Crippen molar-refractivity contribution in [1.29, 1.82) is 0 Å². The van der Waals surface area contributed by atoms with Crippen molar-refractivity contribution in [3.63, 3.8) is 0 Å². The van der Waals surface area contributed by atoms with E-state index in [4.69, 9.17) is 5.73 Å². The third-order valence-corrected chi connectivity index (χ3v) is 3.30. The van der Waals surface area contributed by atoms with Crippen LogP contribution in [0.25, 0.3) is 0 Å². The molecule has 0 atom stereocenters. The van der Waals surface area contributed by atoms with Crippen molar-refractivity contribution in [1.82, 2.24) is 10.6 Å². The van der Waals surface area contributed by atoms with E-state index in [1.807, 2.05) is 26.0 Å². The van der Waals surface area contributed by atoms with E-state index in [9.17, 15) is 9.59 Å². The van der Waals surface area contributed by atoms with Gasteiger partial charge in [0.05, 0.1) is 5.70 Å². The highest BCUT2D eigenvalue weighted by molar-refractivity contribution is 5.96. The molecule has 138 valence electrons. The van der Waals surface area contributed by atoms with Crippen LogP contribution in [0.2, 0.25) is 0 Å². The average Bonchev–Trinajstić information content (AvgIpc) is 2.57. The second kappa shape index (κ2) is 13.8. The van der Waals surface area contributed by atoms with E-state index in [1.165, 1.54) is 0 Å². The molecule has 5 nitrogen and oxygen atoms in total. The number of amides is 2. The van der Waals surface area contributed by atoms with Gasteiger partial charge in [0.15, 0.2) is 0 Å². The van der Waals surface area contributed by atoms with Crippen LogP contribution in [0, 0.1) is 0 Å². The standard InChI is InChI=1S/C20H31N3O2/c1-5-11-17(12-6-2)20(25)22-15-10-8-9-14-19(24)23-18(13-7-3)16(4)21/h5-7,11-13H,1,8-10,14-15,21H2,2-4H3,(H,22,25)(H,23,24)/b12-6-,13-7-,17-11+,18-16-. The molecule has 0 aromatic carbocycles. The number of carbonyl (C=O) groups excluding carboxylic acids is 2. The number of rotatable bonds is 11. The van der Waals surface area contributed by atoms with Crippen molar-refractivity contribution in [3.05, 3.63) is 60.0 Å². The summed E-state index contributed by atoms with van der Waals surface area (Å²) >= 11 is 0. The first kappa shape index (κ1) is 22.4. The molecule has 0 aliphatic carbocycles. The van der Waals surface area contributed by atoms with Crippen LogP contribution in [0.1, 0.15) is 46.5 Å². The summed E-state index contributed by atoms with van der Waals surface area (Å²) in [6, 6.07) is 0. The van der Waals surface area contributed by atoms with Crippen molar-refractivity contribution >= 4 is 11.8 Å². The Morgan fingerprint density at radius 2 is 1.76 bits per heavy atom. The normalized spacial score (nSPS) is 13.0. The van der Waals surface area contributed by atoms with E-state index in [0.29, 0.717) is 29.9 Å². The molecule has 0 aromatic heterocycles. The zero-order chi connectivity index (χ0) is 19.1. The fourth-order valence-corrected chi connectivity index (χ4v) is 2.06. The van der Waals surface area contributed by atoms with E-state index in [1.54, 1.807) is 31.2 Å². The van der Waals surface area contributed by atoms with Crippen LogP contribution >= 0.6 is 0 Å². The van der Waals surface area contributed by atoms with Gasteiger partial charge in [-0.1, -0.05) is 43.4 Å². The first-order valence-electron chi connectivity index (χ1n) is 8.58. The topological polar surface area (TPSA) is 84.2 Å². The number of carbonyl (C=O) groups is 2. The average molecular weight is 345 g/mol. The van der Waals surface area contributed by atoms with Crippen LogP contribution in [0.5, 0.6) is 0 Å². The van der Waals surface area contributed by atoms with Crippen LogP contribution in [0.3, 0.4) is 0 Å². The van der Waals surface area contributed by atoms with Crippen LogP contribution in [0.4, 0.5) is 0 Å². The zero-order valence-corrected chi connectivity index (χ0v) is 15.6. The molecule has 0 radical (unpaired) electrons. The van der Waals surface area contributed by atoms with Gasteiger partial charge in [-0.05, 0) is 39.7 Å². The molecule has 0 saturated carbocycles. The van der Waals surface area contributed by atoms with Gasteiger partial charge in [0.25, 0.3) is 5.91 Å². The zero-order valence-electron chi connectivity index (χ0n) is 15.6. The van der Waals surface area contributed by atoms with Gasteiger partial charge in [-0.3, -0.25) is 9.59 Å². The molecule has 0 rings (SSSR count). The molecule has 0 bridgehead atoms. The van der Waals surface area contributed by atoms with E-state index >= 15 is 0 Å². The van der Waals surface area contributed by atoms with Crippen molar-refractivity contribution in [2.45, 2.75) is 46.5 Å². The van der Waals surface area contributed by atoms with Crippen molar-refractivity contribution in [2.24, 2.45) is 5.73 Å². The summed E-state index contributed by atoms with van der Waals surface area (Å²) in [6.45, 7) is 9.66. The summed E-state index contributed by atoms with van der Waals surface area (Å²) in [5.41, 5.74) is 7.53. The Labute approximate surface area is 151 Å². The van der Waals surface area contributed by atoms with E-state index in [2.05, 4.69) is 17.2 Å². The summed E-state index contributed by atoms with van der Waals surface area (Å²) in [6.07, 6.45) is 13.3. The summed E-state index contributed by atoms with van der Waals surface area (Å²) in [5, 5.41) is 5.67. The third-order valence-electron chi connectivity index (χ3n) is 3.30. The van der Waals surface area contributed by atoms with E-state index < -0.39 is 0 Å². The highest BCUT2D eigenvalue weighted by atomic mass is 16.2. The lowest BCUT2D eigenvalue weighted by Crippen LogP contribution is -2.26. The van der Waals surface area contributed by atoms with Gasteiger partial charge in [0.2, 0.25) is 5.91 Å². The second-order valence-electron chi connectivity index (χ2n) is 5.57. The molecule has 5 heteroatoms. The van der Waals surface area contributed by atoms with Gasteiger partial charge in [0.1, 0.15) is 0 Å². The number of allylic oxidation sites excluding steroid dienone is 6. The number of nitrogens with two attached hydrogens (primary N) is 1. The smallest absolute Gasteiger partial charge is 0.251 e. The molecule has 4 N–H and O–H groups in total. The lowest BCUT2D eigenvalue weighted by atomic mass is 10.1. The maximum Gasteiger partial charge on any atom is 0.251 e. The number of nitrogens with one attached hydrogen (secondary N) is 2. The fraction of sp³-hybridized carbons (Fsp3) is 0.400. The molecule has 0 aliphatic rings. The van der Waals surface area contributed by atoms with Crippen molar-refractivity contribution in [3.8, 4) is 0 Å². The summed E-state index contributed by atoms with van der Waals surface area (Å²) in [4.78, 5) is 23.8. The molecule has 0 heterocycles. The first-order valence-corrected chi connectivity index (χ1v) is 8.58. The monoisotopic (exact) mass is 345 g/mol. The highest BCUT2D eigenvalue weighted by Gasteiger charge is 2.06. The van der Waals surface area contributed by atoms with Crippen LogP contribution in [-0.2, 0) is 9.59 Å². The Bertz CT molecular complexity index is 565. The Hall–Kier alpha value is -2.56. The lowest BCUT2D eigenvalue weighted by molar-refractivity contribution is -0.120. The molecule has 0 unspecified atom stereocenters. The summed E-state index contributed by atoms with van der Waals surface area (Å²) < 4.78 is 0. The molecule has 0 saturated heterocycles. The molecule has 25 heavy (non-hydrogen) atoms. The maximum atomic E-state index is 11.9. The summed E-state index contributed by atoms with van der Waals surface area (Å²) in [7, 11) is 0. The van der Waals surface area contributed by atoms with Gasteiger partial charge in [-0.2, -0.15) is 0 Å². The SMILES string of the molecule is C=C/C=C(\C=C/C)C(=O)NCCCCCC(=O)NC(/C=C\C)=C(/C)N. The molecule has 0 aromatic rings. The molecule has 2 amide bonds. The fourth-order valence-electron chi connectivity index (χ4n) is 2.06. The maximum absolute atomic E-state index is 11.9. The van der Waals surface area contributed by atoms with Crippen LogP contribution in [0.15, 0.2) is 60.0 Å². The number of hydrogen-bond donors (Lipinski definition) is 3. The molecular weight excluding hydrogens is 314 g/mol. The Balaban J connectivity index is 4.05. The largest absolute Gasteiger partial charge is 0.401 e. The molecule has 0 fully saturated rings. The minimum atomic E-state index is -0.115. The van der Waals surface area contributed by atoms with Gasteiger partial charge in [0, 0.05) is 24.2 Å². The predicted molar refractivity (Wildman–Crippen MR) is 104 cm³/mol. The van der Waals surface area contributed by atoms with Crippen LogP contribution in [-0.4, -0.2) is 18.4 Å².